The molecule has 0 aliphatic carbocycles. The molecular formula is C20H22O3. The van der Waals surface area contributed by atoms with E-state index in [1.807, 2.05) is 58.0 Å². The minimum atomic E-state index is -0.282. The number of rotatable bonds is 4. The molecule has 2 aromatic rings. The maximum Gasteiger partial charge on any atom is 0.154 e. The zero-order valence-corrected chi connectivity index (χ0v) is 14.1. The molecule has 0 bridgehead atoms. The Labute approximate surface area is 137 Å². The summed E-state index contributed by atoms with van der Waals surface area (Å²) >= 11 is 0. The van der Waals surface area contributed by atoms with E-state index in [0.717, 1.165) is 46.5 Å². The van der Waals surface area contributed by atoms with Gasteiger partial charge >= 0.3 is 0 Å². The van der Waals surface area contributed by atoms with Gasteiger partial charge in [-0.15, -0.1) is 0 Å². The number of ether oxygens (including phenoxy) is 2. The lowest BCUT2D eigenvalue weighted by Crippen LogP contribution is -2.25. The largest absolute Gasteiger partial charge is 0.488 e. The van der Waals surface area contributed by atoms with E-state index in [4.69, 9.17) is 9.47 Å². The van der Waals surface area contributed by atoms with E-state index in [2.05, 4.69) is 0 Å². The number of hydrogen-bond donors (Lipinski definition) is 0. The van der Waals surface area contributed by atoms with Crippen LogP contribution < -0.4 is 9.47 Å². The highest BCUT2D eigenvalue weighted by molar-refractivity contribution is 5.85. The number of fused-ring (bicyclic) bond motifs is 1. The Hall–Kier alpha value is -2.29. The molecule has 120 valence electrons. The van der Waals surface area contributed by atoms with Crippen LogP contribution in [0.2, 0.25) is 0 Å². The van der Waals surface area contributed by atoms with E-state index in [0.29, 0.717) is 12.2 Å². The summed E-state index contributed by atoms with van der Waals surface area (Å²) in [5, 5.41) is 0. The van der Waals surface area contributed by atoms with E-state index >= 15 is 0 Å². The highest BCUT2D eigenvalue weighted by Crippen LogP contribution is 2.45. The quantitative estimate of drug-likeness (QED) is 0.785. The van der Waals surface area contributed by atoms with E-state index in [1.54, 1.807) is 0 Å². The van der Waals surface area contributed by atoms with Gasteiger partial charge in [-0.1, -0.05) is 30.3 Å². The summed E-state index contributed by atoms with van der Waals surface area (Å²) in [5.41, 5.74) is 4.45. The molecular weight excluding hydrogens is 288 g/mol. The van der Waals surface area contributed by atoms with Crippen LogP contribution in [0.4, 0.5) is 0 Å². The van der Waals surface area contributed by atoms with E-state index in [1.165, 1.54) is 0 Å². The first-order valence-corrected chi connectivity index (χ1v) is 7.90. The number of carbonyl (C=O) groups is 1. The van der Waals surface area contributed by atoms with Gasteiger partial charge in [0.1, 0.15) is 23.7 Å². The van der Waals surface area contributed by atoms with Gasteiger partial charge < -0.3 is 9.47 Å². The highest BCUT2D eigenvalue weighted by Gasteiger charge is 2.35. The lowest BCUT2D eigenvalue weighted by molar-refractivity contribution is 0.110. The van der Waals surface area contributed by atoms with Crippen LogP contribution in [-0.4, -0.2) is 11.9 Å². The molecule has 0 unspecified atom stereocenters. The highest BCUT2D eigenvalue weighted by atomic mass is 16.5. The standard InChI is InChI=1S/C20H22O3/c1-13-16-10-20(3,4)23-19(16)17(11-21)14(2)18(13)22-12-15-8-6-5-7-9-15/h5-9,11H,10,12H2,1-4H3. The van der Waals surface area contributed by atoms with E-state index in [9.17, 15) is 4.79 Å². The predicted molar refractivity (Wildman–Crippen MR) is 90.5 cm³/mol. The molecule has 1 heterocycles. The zero-order valence-electron chi connectivity index (χ0n) is 14.1. The van der Waals surface area contributed by atoms with Gasteiger partial charge in [0.15, 0.2) is 6.29 Å². The van der Waals surface area contributed by atoms with Crippen LogP contribution in [0, 0.1) is 13.8 Å². The zero-order chi connectivity index (χ0) is 16.6. The van der Waals surface area contributed by atoms with Gasteiger partial charge in [-0.2, -0.15) is 0 Å². The molecule has 0 aromatic heterocycles. The minimum Gasteiger partial charge on any atom is -0.488 e. The maximum absolute atomic E-state index is 11.6. The first kappa shape index (κ1) is 15.6. The van der Waals surface area contributed by atoms with Crippen LogP contribution >= 0.6 is 0 Å². The van der Waals surface area contributed by atoms with Gasteiger partial charge in [0.25, 0.3) is 0 Å². The van der Waals surface area contributed by atoms with E-state index < -0.39 is 0 Å². The normalized spacial score (nSPS) is 15.0. The molecule has 1 aliphatic heterocycles. The molecule has 0 amide bonds. The average Bonchev–Trinajstić information content (AvgIpc) is 2.84. The fourth-order valence-electron chi connectivity index (χ4n) is 3.20. The summed E-state index contributed by atoms with van der Waals surface area (Å²) in [6.45, 7) is 8.54. The second-order valence-electron chi connectivity index (χ2n) is 6.73. The smallest absolute Gasteiger partial charge is 0.154 e. The molecule has 23 heavy (non-hydrogen) atoms. The van der Waals surface area contributed by atoms with Crippen LogP contribution in [-0.2, 0) is 13.0 Å². The first-order chi connectivity index (χ1) is 10.9. The van der Waals surface area contributed by atoms with Crippen molar-refractivity contribution in [2.75, 3.05) is 0 Å². The molecule has 3 rings (SSSR count). The average molecular weight is 310 g/mol. The number of benzene rings is 2. The lowest BCUT2D eigenvalue weighted by atomic mass is 9.93. The second-order valence-corrected chi connectivity index (χ2v) is 6.73. The van der Waals surface area contributed by atoms with Gasteiger partial charge in [-0.25, -0.2) is 0 Å². The number of aldehydes is 1. The van der Waals surface area contributed by atoms with Gasteiger partial charge in [0.2, 0.25) is 0 Å². The Bertz CT molecular complexity index is 745. The van der Waals surface area contributed by atoms with Crippen molar-refractivity contribution < 1.29 is 14.3 Å². The van der Waals surface area contributed by atoms with Crippen LogP contribution in [0.3, 0.4) is 0 Å². The molecule has 3 nitrogen and oxygen atoms in total. The third-order valence-electron chi connectivity index (χ3n) is 4.38. The molecule has 1 aliphatic rings. The summed E-state index contributed by atoms with van der Waals surface area (Å²) in [7, 11) is 0. The van der Waals surface area contributed by atoms with Gasteiger partial charge in [0.05, 0.1) is 5.56 Å². The molecule has 0 atom stereocenters. The molecule has 0 N–H and O–H groups in total. The Morgan fingerprint density at radius 3 is 2.52 bits per heavy atom. The van der Waals surface area contributed by atoms with Gasteiger partial charge in [-0.3, -0.25) is 4.79 Å². The van der Waals surface area contributed by atoms with Crippen LogP contribution in [0.15, 0.2) is 30.3 Å². The Morgan fingerprint density at radius 1 is 1.17 bits per heavy atom. The van der Waals surface area contributed by atoms with E-state index in [-0.39, 0.29) is 5.60 Å². The second kappa shape index (κ2) is 5.73. The molecule has 3 heteroatoms. The Balaban J connectivity index is 2.00. The summed E-state index contributed by atoms with van der Waals surface area (Å²) < 4.78 is 12.1. The topological polar surface area (TPSA) is 35.5 Å². The minimum absolute atomic E-state index is 0.282. The number of carbonyl (C=O) groups excluding carboxylic acids is 1. The van der Waals surface area contributed by atoms with Gasteiger partial charge in [-0.05, 0) is 38.8 Å². The monoisotopic (exact) mass is 310 g/mol. The van der Waals surface area contributed by atoms with Crippen molar-refractivity contribution in [3.05, 3.63) is 58.1 Å². The van der Waals surface area contributed by atoms with Crippen LogP contribution in [0.25, 0.3) is 0 Å². The SMILES string of the molecule is Cc1c(C=O)c2c(c(C)c1OCc1ccccc1)CC(C)(C)O2. The summed E-state index contributed by atoms with van der Waals surface area (Å²) in [5.74, 6) is 1.53. The fourth-order valence-corrected chi connectivity index (χ4v) is 3.20. The Morgan fingerprint density at radius 2 is 1.87 bits per heavy atom. The summed E-state index contributed by atoms with van der Waals surface area (Å²) in [4.78, 5) is 11.6. The van der Waals surface area contributed by atoms with Crippen molar-refractivity contribution in [3.8, 4) is 11.5 Å². The van der Waals surface area contributed by atoms with Crippen molar-refractivity contribution in [3.63, 3.8) is 0 Å². The third kappa shape index (κ3) is 2.83. The molecule has 0 saturated heterocycles. The van der Waals surface area contributed by atoms with Crippen molar-refractivity contribution >= 4 is 6.29 Å². The maximum atomic E-state index is 11.6. The molecule has 0 spiro atoms. The van der Waals surface area contributed by atoms with Crippen molar-refractivity contribution in [2.45, 2.75) is 46.3 Å². The molecule has 0 saturated carbocycles. The molecule has 2 aromatic carbocycles. The fraction of sp³-hybridized carbons (Fsp3) is 0.350. The lowest BCUT2D eigenvalue weighted by Gasteiger charge is -2.18. The molecule has 0 fully saturated rings. The predicted octanol–water partition coefficient (Wildman–Crippen LogP) is 4.41. The first-order valence-electron chi connectivity index (χ1n) is 7.90. The number of hydrogen-bond acceptors (Lipinski definition) is 3. The van der Waals surface area contributed by atoms with Crippen LogP contribution in [0.5, 0.6) is 11.5 Å². The Kier molecular flexibility index (Phi) is 3.88. The van der Waals surface area contributed by atoms with Crippen LogP contribution in [0.1, 0.15) is 46.5 Å². The van der Waals surface area contributed by atoms with Gasteiger partial charge in [0, 0.05) is 17.5 Å². The van der Waals surface area contributed by atoms with Crippen molar-refractivity contribution in [2.24, 2.45) is 0 Å². The molecule has 0 radical (unpaired) electrons. The summed E-state index contributed by atoms with van der Waals surface area (Å²) in [6, 6.07) is 10.0. The summed E-state index contributed by atoms with van der Waals surface area (Å²) in [6.07, 6.45) is 1.67. The van der Waals surface area contributed by atoms with Crippen molar-refractivity contribution in [1.29, 1.82) is 0 Å². The van der Waals surface area contributed by atoms with Crippen molar-refractivity contribution in [1.82, 2.24) is 0 Å². The third-order valence-corrected chi connectivity index (χ3v) is 4.38.